The van der Waals surface area contributed by atoms with Gasteiger partial charge in [0, 0.05) is 19.6 Å². The first kappa shape index (κ1) is 15.0. The van der Waals surface area contributed by atoms with Gasteiger partial charge >= 0.3 is 0 Å². The van der Waals surface area contributed by atoms with Crippen molar-refractivity contribution in [2.45, 2.75) is 33.4 Å². The topological polar surface area (TPSA) is 24.5 Å². The molecule has 0 fully saturated rings. The molecule has 0 amide bonds. The van der Waals surface area contributed by atoms with Gasteiger partial charge in [-0.25, -0.2) is 0 Å². The normalized spacial score (nSPS) is 11.2. The number of likely N-dealkylation sites (N-methyl/N-ethyl adjacent to an activating group) is 1. The van der Waals surface area contributed by atoms with Crippen LogP contribution in [0.3, 0.4) is 0 Å². The van der Waals surface area contributed by atoms with Crippen LogP contribution in [0.15, 0.2) is 24.3 Å². The monoisotopic (exact) mass is 250 g/mol. The van der Waals surface area contributed by atoms with Gasteiger partial charge in [0.15, 0.2) is 0 Å². The number of hydrogen-bond donors (Lipinski definition) is 1. The molecule has 0 unspecified atom stereocenters. The molecule has 0 saturated heterocycles. The summed E-state index contributed by atoms with van der Waals surface area (Å²) in [5, 5.41) is 3.44. The van der Waals surface area contributed by atoms with Gasteiger partial charge in [0.2, 0.25) is 0 Å². The molecule has 0 aliphatic carbocycles. The highest BCUT2D eigenvalue weighted by Crippen LogP contribution is 2.13. The smallest absolute Gasteiger partial charge is 0.119 e. The van der Waals surface area contributed by atoms with Crippen LogP contribution in [0, 0.1) is 0 Å². The lowest BCUT2D eigenvalue weighted by molar-refractivity contribution is 0.242. The van der Waals surface area contributed by atoms with Crippen LogP contribution in [0.2, 0.25) is 0 Å². The summed E-state index contributed by atoms with van der Waals surface area (Å²) in [5.41, 5.74) is 1.30. The zero-order valence-electron chi connectivity index (χ0n) is 12.1. The third-order valence-electron chi connectivity index (χ3n) is 2.83. The average Bonchev–Trinajstić information content (AvgIpc) is 2.35. The van der Waals surface area contributed by atoms with Gasteiger partial charge in [-0.15, -0.1) is 0 Å². The van der Waals surface area contributed by atoms with E-state index >= 15 is 0 Å². The maximum atomic E-state index is 5.61. The highest BCUT2D eigenvalue weighted by molar-refractivity contribution is 5.27. The molecule has 0 heterocycles. The van der Waals surface area contributed by atoms with E-state index < -0.39 is 0 Å². The van der Waals surface area contributed by atoms with Gasteiger partial charge in [-0.3, -0.25) is 0 Å². The SMILES string of the molecule is CCN(C)CCNCc1ccc(OC(C)C)cc1. The molecule has 1 N–H and O–H groups in total. The van der Waals surface area contributed by atoms with Crippen LogP contribution >= 0.6 is 0 Å². The zero-order valence-corrected chi connectivity index (χ0v) is 12.1. The van der Waals surface area contributed by atoms with Crippen molar-refractivity contribution in [3.05, 3.63) is 29.8 Å². The lowest BCUT2D eigenvalue weighted by Gasteiger charge is -2.14. The second-order valence-electron chi connectivity index (χ2n) is 4.88. The summed E-state index contributed by atoms with van der Waals surface area (Å²) in [6.07, 6.45) is 0.235. The van der Waals surface area contributed by atoms with Gasteiger partial charge in [-0.1, -0.05) is 19.1 Å². The van der Waals surface area contributed by atoms with E-state index in [2.05, 4.69) is 36.3 Å². The summed E-state index contributed by atoms with van der Waals surface area (Å²) in [6, 6.07) is 8.31. The first-order valence-electron chi connectivity index (χ1n) is 6.76. The Kier molecular flexibility index (Phi) is 6.76. The van der Waals surface area contributed by atoms with E-state index in [1.165, 1.54) is 5.56 Å². The molecule has 0 aliphatic heterocycles. The number of hydrogen-bond acceptors (Lipinski definition) is 3. The molecule has 3 nitrogen and oxygen atoms in total. The minimum atomic E-state index is 0.235. The van der Waals surface area contributed by atoms with Crippen LogP contribution in [-0.2, 0) is 6.54 Å². The van der Waals surface area contributed by atoms with Crippen molar-refractivity contribution in [2.24, 2.45) is 0 Å². The molecule has 0 radical (unpaired) electrons. The largest absolute Gasteiger partial charge is 0.491 e. The van der Waals surface area contributed by atoms with Crippen molar-refractivity contribution in [3.63, 3.8) is 0 Å². The van der Waals surface area contributed by atoms with Crippen molar-refractivity contribution in [3.8, 4) is 5.75 Å². The first-order valence-corrected chi connectivity index (χ1v) is 6.76. The summed E-state index contributed by atoms with van der Waals surface area (Å²) in [7, 11) is 2.14. The van der Waals surface area contributed by atoms with E-state index in [1.54, 1.807) is 0 Å². The van der Waals surface area contributed by atoms with Gasteiger partial charge in [0.25, 0.3) is 0 Å². The Morgan fingerprint density at radius 2 is 1.89 bits per heavy atom. The Hall–Kier alpha value is -1.06. The van der Waals surface area contributed by atoms with Crippen LogP contribution < -0.4 is 10.1 Å². The first-order chi connectivity index (χ1) is 8.61. The second kappa shape index (κ2) is 8.11. The highest BCUT2D eigenvalue weighted by Gasteiger charge is 1.98. The van der Waals surface area contributed by atoms with Gasteiger partial charge in [-0.2, -0.15) is 0 Å². The molecule has 1 aromatic carbocycles. The summed E-state index contributed by atoms with van der Waals surface area (Å²) in [4.78, 5) is 2.30. The molecule has 1 aromatic rings. The van der Waals surface area contributed by atoms with Gasteiger partial charge in [-0.05, 0) is 45.1 Å². The Morgan fingerprint density at radius 3 is 2.44 bits per heavy atom. The van der Waals surface area contributed by atoms with Crippen LogP contribution in [-0.4, -0.2) is 37.7 Å². The lowest BCUT2D eigenvalue weighted by Crippen LogP contribution is -2.28. The Bertz CT molecular complexity index is 322. The van der Waals surface area contributed by atoms with E-state index in [4.69, 9.17) is 4.74 Å². The third kappa shape index (κ3) is 6.03. The number of nitrogens with zero attached hydrogens (tertiary/aromatic N) is 1. The second-order valence-corrected chi connectivity index (χ2v) is 4.88. The Balaban J connectivity index is 2.26. The van der Waals surface area contributed by atoms with Crippen molar-refractivity contribution in [1.82, 2.24) is 10.2 Å². The minimum Gasteiger partial charge on any atom is -0.491 e. The fraction of sp³-hybridized carbons (Fsp3) is 0.600. The summed E-state index contributed by atoms with van der Waals surface area (Å²) in [6.45, 7) is 10.4. The zero-order chi connectivity index (χ0) is 13.4. The lowest BCUT2D eigenvalue weighted by atomic mass is 10.2. The quantitative estimate of drug-likeness (QED) is 0.718. The predicted molar refractivity (Wildman–Crippen MR) is 77.1 cm³/mol. The average molecular weight is 250 g/mol. The van der Waals surface area contributed by atoms with Crippen LogP contribution in [0.5, 0.6) is 5.75 Å². The van der Waals surface area contributed by atoms with Crippen LogP contribution in [0.1, 0.15) is 26.3 Å². The molecule has 0 aromatic heterocycles. The number of ether oxygens (including phenoxy) is 1. The van der Waals surface area contributed by atoms with E-state index in [9.17, 15) is 0 Å². The Labute approximate surface area is 111 Å². The molecule has 3 heteroatoms. The number of benzene rings is 1. The summed E-state index contributed by atoms with van der Waals surface area (Å²) >= 11 is 0. The van der Waals surface area contributed by atoms with Gasteiger partial charge < -0.3 is 15.0 Å². The van der Waals surface area contributed by atoms with E-state index in [0.717, 1.165) is 31.9 Å². The molecule has 102 valence electrons. The number of nitrogens with one attached hydrogen (secondary N) is 1. The van der Waals surface area contributed by atoms with Crippen molar-refractivity contribution in [1.29, 1.82) is 0 Å². The van der Waals surface area contributed by atoms with Crippen LogP contribution in [0.25, 0.3) is 0 Å². The van der Waals surface area contributed by atoms with Crippen molar-refractivity contribution in [2.75, 3.05) is 26.7 Å². The molecule has 0 aliphatic rings. The van der Waals surface area contributed by atoms with E-state index in [-0.39, 0.29) is 6.10 Å². The fourth-order valence-corrected chi connectivity index (χ4v) is 1.62. The molecular formula is C15H26N2O. The standard InChI is InChI=1S/C15H26N2O/c1-5-17(4)11-10-16-12-14-6-8-15(9-7-14)18-13(2)3/h6-9,13,16H,5,10-12H2,1-4H3. The third-order valence-corrected chi connectivity index (χ3v) is 2.83. The Morgan fingerprint density at radius 1 is 1.22 bits per heavy atom. The van der Waals surface area contributed by atoms with Crippen molar-refractivity contribution < 1.29 is 4.74 Å². The molecule has 1 rings (SSSR count). The summed E-state index contributed by atoms with van der Waals surface area (Å²) < 4.78 is 5.61. The molecule has 0 spiro atoms. The van der Waals surface area contributed by atoms with Gasteiger partial charge in [0.1, 0.15) is 5.75 Å². The fourth-order valence-electron chi connectivity index (χ4n) is 1.62. The predicted octanol–water partition coefficient (Wildman–Crippen LogP) is 2.52. The van der Waals surface area contributed by atoms with E-state index in [1.807, 2.05) is 26.0 Å². The van der Waals surface area contributed by atoms with Crippen molar-refractivity contribution >= 4 is 0 Å². The minimum absolute atomic E-state index is 0.235. The van der Waals surface area contributed by atoms with Gasteiger partial charge in [0.05, 0.1) is 6.10 Å². The number of rotatable bonds is 8. The molecule has 0 saturated carbocycles. The molecule has 0 atom stereocenters. The highest BCUT2D eigenvalue weighted by atomic mass is 16.5. The summed E-state index contributed by atoms with van der Waals surface area (Å²) in [5.74, 6) is 0.944. The molecule has 0 bridgehead atoms. The maximum Gasteiger partial charge on any atom is 0.119 e. The maximum absolute atomic E-state index is 5.61. The molecular weight excluding hydrogens is 224 g/mol. The van der Waals surface area contributed by atoms with E-state index in [0.29, 0.717) is 0 Å². The van der Waals surface area contributed by atoms with Crippen LogP contribution in [0.4, 0.5) is 0 Å². The molecule has 18 heavy (non-hydrogen) atoms.